The number of rotatable bonds is 13. The number of amides is 2. The molecular weight excluding hydrogens is 522 g/mol. The molecule has 3 aromatic carbocycles. The fourth-order valence-corrected chi connectivity index (χ4v) is 5.54. The second-order valence-corrected chi connectivity index (χ2v) is 12.3. The number of carbonyl (C=O) groups is 2. The van der Waals surface area contributed by atoms with Crippen molar-refractivity contribution in [2.24, 2.45) is 0 Å². The lowest BCUT2D eigenvalue weighted by atomic mass is 10.0. The molecule has 3 rings (SSSR count). The molecule has 1 unspecified atom stereocenters. The molecule has 0 aliphatic heterocycles. The van der Waals surface area contributed by atoms with E-state index in [9.17, 15) is 18.0 Å². The highest BCUT2D eigenvalue weighted by molar-refractivity contribution is 7.92. The fourth-order valence-electron chi connectivity index (χ4n) is 4.63. The van der Waals surface area contributed by atoms with Crippen LogP contribution in [0.15, 0.2) is 72.8 Å². The van der Waals surface area contributed by atoms with Gasteiger partial charge in [0.1, 0.15) is 12.6 Å². The third-order valence-corrected chi connectivity index (χ3v) is 8.00. The molecule has 0 saturated heterocycles. The maximum absolute atomic E-state index is 14.1. The van der Waals surface area contributed by atoms with Gasteiger partial charge >= 0.3 is 0 Å². The molecule has 40 heavy (non-hydrogen) atoms. The number of benzene rings is 3. The zero-order chi connectivity index (χ0) is 29.3. The van der Waals surface area contributed by atoms with Crippen LogP contribution in [0.25, 0.3) is 0 Å². The monoisotopic (exact) mass is 563 g/mol. The number of aryl methyl sites for hydroxylation is 3. The van der Waals surface area contributed by atoms with Crippen LogP contribution >= 0.6 is 0 Å². The third kappa shape index (κ3) is 8.68. The van der Waals surface area contributed by atoms with E-state index >= 15 is 0 Å². The number of sulfonamides is 1. The Morgan fingerprint density at radius 3 is 2.12 bits per heavy atom. The summed E-state index contributed by atoms with van der Waals surface area (Å²) in [5.74, 6) is -0.701. The van der Waals surface area contributed by atoms with Gasteiger partial charge in [-0.15, -0.1) is 0 Å². The summed E-state index contributed by atoms with van der Waals surface area (Å²) in [4.78, 5) is 29.3. The SMILES string of the molecule is CCCCNC(=O)C(Cc1ccccc1)N(Cc1ccc(C)cc1)C(=O)CN(c1ccc(C)cc1C)S(C)(=O)=O. The summed E-state index contributed by atoms with van der Waals surface area (Å²) in [5, 5.41) is 3.00. The van der Waals surface area contributed by atoms with Crippen molar-refractivity contribution in [3.63, 3.8) is 0 Å². The molecule has 0 spiro atoms. The van der Waals surface area contributed by atoms with Crippen molar-refractivity contribution in [3.8, 4) is 0 Å². The molecule has 7 nitrogen and oxygen atoms in total. The van der Waals surface area contributed by atoms with Crippen LogP contribution in [0, 0.1) is 20.8 Å². The van der Waals surface area contributed by atoms with Crippen LogP contribution in [0.4, 0.5) is 5.69 Å². The van der Waals surface area contributed by atoms with Gasteiger partial charge in [-0.3, -0.25) is 13.9 Å². The molecular formula is C32H41N3O4S. The zero-order valence-corrected chi connectivity index (χ0v) is 25.0. The number of unbranched alkanes of at least 4 members (excludes halogenated alkanes) is 1. The summed E-state index contributed by atoms with van der Waals surface area (Å²) in [6, 6.07) is 22.0. The lowest BCUT2D eigenvalue weighted by Gasteiger charge is -2.34. The minimum Gasteiger partial charge on any atom is -0.354 e. The van der Waals surface area contributed by atoms with E-state index in [1.165, 1.54) is 4.90 Å². The first-order valence-electron chi connectivity index (χ1n) is 13.7. The van der Waals surface area contributed by atoms with Gasteiger partial charge in [-0.2, -0.15) is 0 Å². The number of nitrogens with one attached hydrogen (secondary N) is 1. The van der Waals surface area contributed by atoms with Crippen LogP contribution in [0.5, 0.6) is 0 Å². The van der Waals surface area contributed by atoms with Crippen LogP contribution < -0.4 is 9.62 Å². The average molecular weight is 564 g/mol. The van der Waals surface area contributed by atoms with Gasteiger partial charge in [-0.25, -0.2) is 8.42 Å². The van der Waals surface area contributed by atoms with E-state index in [4.69, 9.17) is 0 Å². The molecule has 0 aliphatic rings. The first-order chi connectivity index (χ1) is 19.0. The first-order valence-corrected chi connectivity index (χ1v) is 15.6. The lowest BCUT2D eigenvalue weighted by Crippen LogP contribution is -2.53. The maximum atomic E-state index is 14.1. The molecule has 0 radical (unpaired) electrons. The van der Waals surface area contributed by atoms with Crippen molar-refractivity contribution in [2.45, 2.75) is 59.5 Å². The average Bonchev–Trinajstić information content (AvgIpc) is 2.90. The third-order valence-electron chi connectivity index (χ3n) is 6.87. The Hall–Kier alpha value is -3.65. The summed E-state index contributed by atoms with van der Waals surface area (Å²) in [6.45, 7) is 8.05. The van der Waals surface area contributed by atoms with E-state index in [1.54, 1.807) is 6.07 Å². The Balaban J connectivity index is 2.04. The molecule has 1 N–H and O–H groups in total. The summed E-state index contributed by atoms with van der Waals surface area (Å²) >= 11 is 0. The molecule has 2 amide bonds. The Labute approximate surface area is 239 Å². The molecule has 0 saturated carbocycles. The van der Waals surface area contributed by atoms with E-state index in [-0.39, 0.29) is 12.5 Å². The van der Waals surface area contributed by atoms with Crippen LogP contribution in [0.1, 0.15) is 47.6 Å². The van der Waals surface area contributed by atoms with Gasteiger partial charge in [0.15, 0.2) is 0 Å². The van der Waals surface area contributed by atoms with Crippen molar-refractivity contribution in [1.82, 2.24) is 10.2 Å². The normalized spacial score (nSPS) is 12.0. The highest BCUT2D eigenvalue weighted by Crippen LogP contribution is 2.25. The fraction of sp³-hybridized carbons (Fsp3) is 0.375. The molecule has 214 valence electrons. The summed E-state index contributed by atoms with van der Waals surface area (Å²) in [6.07, 6.45) is 3.15. The van der Waals surface area contributed by atoms with Crippen molar-refractivity contribution in [3.05, 3.63) is 101 Å². The summed E-state index contributed by atoms with van der Waals surface area (Å²) < 4.78 is 27.1. The number of nitrogens with zero attached hydrogens (tertiary/aromatic N) is 2. The predicted octanol–water partition coefficient (Wildman–Crippen LogP) is 4.93. The number of carbonyl (C=O) groups excluding carboxylic acids is 2. The van der Waals surface area contributed by atoms with Crippen LogP contribution in [-0.2, 0) is 32.6 Å². The van der Waals surface area contributed by atoms with E-state index in [0.717, 1.165) is 51.2 Å². The van der Waals surface area contributed by atoms with Gasteiger partial charge in [0.05, 0.1) is 11.9 Å². The van der Waals surface area contributed by atoms with E-state index < -0.39 is 28.5 Å². The second-order valence-electron chi connectivity index (χ2n) is 10.4. The molecule has 0 heterocycles. The Bertz CT molecular complexity index is 1390. The lowest BCUT2D eigenvalue weighted by molar-refractivity contribution is -0.140. The molecule has 0 fully saturated rings. The van der Waals surface area contributed by atoms with Crippen LogP contribution in [-0.4, -0.2) is 50.5 Å². The number of hydrogen-bond donors (Lipinski definition) is 1. The topological polar surface area (TPSA) is 86.8 Å². The maximum Gasteiger partial charge on any atom is 0.244 e. The standard InChI is InChI=1S/C32H41N3O4S/c1-6-7-19-33-32(37)30(21-27-11-9-8-10-12-27)34(22-28-16-13-24(2)14-17-28)31(36)23-35(40(5,38)39)29-18-15-25(3)20-26(29)4/h8-18,20,30H,6-7,19,21-23H2,1-5H3,(H,33,37). The van der Waals surface area contributed by atoms with Crippen molar-refractivity contribution >= 4 is 27.5 Å². The van der Waals surface area contributed by atoms with Gasteiger partial charge < -0.3 is 10.2 Å². The highest BCUT2D eigenvalue weighted by Gasteiger charge is 2.33. The smallest absolute Gasteiger partial charge is 0.244 e. The van der Waals surface area contributed by atoms with E-state index in [0.29, 0.717) is 18.7 Å². The summed E-state index contributed by atoms with van der Waals surface area (Å²) in [5.41, 5.74) is 5.04. The largest absolute Gasteiger partial charge is 0.354 e. The van der Waals surface area contributed by atoms with Gasteiger partial charge in [-0.1, -0.05) is 91.2 Å². The molecule has 3 aromatic rings. The van der Waals surface area contributed by atoms with Crippen molar-refractivity contribution in [2.75, 3.05) is 23.7 Å². The van der Waals surface area contributed by atoms with E-state index in [1.807, 2.05) is 94.4 Å². The molecule has 1 atom stereocenters. The van der Waals surface area contributed by atoms with Crippen molar-refractivity contribution < 1.29 is 18.0 Å². The molecule has 0 bridgehead atoms. The second kappa shape index (κ2) is 14.1. The quantitative estimate of drug-likeness (QED) is 0.299. The van der Waals surface area contributed by atoms with Gasteiger partial charge in [0, 0.05) is 19.5 Å². The van der Waals surface area contributed by atoms with E-state index in [2.05, 4.69) is 5.32 Å². The van der Waals surface area contributed by atoms with Gasteiger partial charge in [0.2, 0.25) is 21.8 Å². The van der Waals surface area contributed by atoms with Crippen molar-refractivity contribution in [1.29, 1.82) is 0 Å². The number of hydrogen-bond acceptors (Lipinski definition) is 4. The molecule has 0 aromatic heterocycles. The van der Waals surface area contributed by atoms with Gasteiger partial charge in [-0.05, 0) is 49.9 Å². The Morgan fingerprint density at radius 2 is 1.52 bits per heavy atom. The van der Waals surface area contributed by atoms with Gasteiger partial charge in [0.25, 0.3) is 0 Å². The summed E-state index contributed by atoms with van der Waals surface area (Å²) in [7, 11) is -3.80. The number of anilines is 1. The van der Waals surface area contributed by atoms with Crippen LogP contribution in [0.3, 0.4) is 0 Å². The molecule has 8 heteroatoms. The Morgan fingerprint density at radius 1 is 0.875 bits per heavy atom. The zero-order valence-electron chi connectivity index (χ0n) is 24.2. The first kappa shape index (κ1) is 30.9. The Kier molecular flexibility index (Phi) is 10.9. The molecule has 0 aliphatic carbocycles. The highest BCUT2D eigenvalue weighted by atomic mass is 32.2. The minimum atomic E-state index is -3.80. The minimum absolute atomic E-state index is 0.169. The predicted molar refractivity (Wildman–Crippen MR) is 162 cm³/mol. The van der Waals surface area contributed by atoms with Crippen LogP contribution in [0.2, 0.25) is 0 Å².